The first-order valence-electron chi connectivity index (χ1n) is 12.8. The van der Waals surface area contributed by atoms with E-state index in [4.69, 9.17) is 24.1 Å². The average molecular weight is 628 g/mol. The number of para-hydroxylation sites is 1. The van der Waals surface area contributed by atoms with Crippen molar-refractivity contribution in [2.75, 3.05) is 22.9 Å². The van der Waals surface area contributed by atoms with Crippen LogP contribution in [0.5, 0.6) is 5.75 Å². The van der Waals surface area contributed by atoms with Crippen LogP contribution in [0.4, 0.5) is 11.4 Å². The summed E-state index contributed by atoms with van der Waals surface area (Å²) in [6, 6.07) is 17.2. The van der Waals surface area contributed by atoms with Crippen molar-refractivity contribution in [3.05, 3.63) is 87.5 Å². The molecule has 0 amide bonds. The summed E-state index contributed by atoms with van der Waals surface area (Å²) in [5, 5.41) is 0.596. The van der Waals surface area contributed by atoms with E-state index in [1.54, 1.807) is 0 Å². The summed E-state index contributed by atoms with van der Waals surface area (Å²) >= 11 is -3.49. The Bertz CT molecular complexity index is 1260. The number of rotatable bonds is 6. The zero-order valence-electron chi connectivity index (χ0n) is 23.2. The predicted molar refractivity (Wildman–Crippen MR) is 159 cm³/mol. The summed E-state index contributed by atoms with van der Waals surface area (Å²) < 4.78 is 7.23. The number of benzene rings is 3. The molecule has 0 aromatic heterocycles. The van der Waals surface area contributed by atoms with E-state index in [1.165, 1.54) is 44.8 Å². The Balaban J connectivity index is 1.94. The molecule has 0 radical (unpaired) electrons. The van der Waals surface area contributed by atoms with Gasteiger partial charge in [-0.2, -0.15) is 0 Å². The van der Waals surface area contributed by atoms with Gasteiger partial charge in [0.1, 0.15) is 0 Å². The molecular weight excluding hydrogens is 588 g/mol. The molecule has 0 spiro atoms. The van der Waals surface area contributed by atoms with Gasteiger partial charge in [-0.15, -0.1) is 0 Å². The minimum atomic E-state index is -3.49. The Labute approximate surface area is 233 Å². The van der Waals surface area contributed by atoms with Gasteiger partial charge in [0.25, 0.3) is 0 Å². The van der Waals surface area contributed by atoms with E-state index in [9.17, 15) is 0 Å². The second-order valence-corrected chi connectivity index (χ2v) is 20.5. The molecule has 0 aliphatic carbocycles. The molecule has 1 aliphatic heterocycles. The molecule has 0 atom stereocenters. The van der Waals surface area contributed by atoms with Gasteiger partial charge in [-0.05, 0) is 0 Å². The number of hydrogen-bond acceptors (Lipinski definition) is 3. The van der Waals surface area contributed by atoms with Crippen molar-refractivity contribution in [2.24, 2.45) is 0 Å². The van der Waals surface area contributed by atoms with E-state index in [-0.39, 0.29) is 6.10 Å². The minimum absolute atomic E-state index is 0.0782. The average Bonchev–Trinajstić information content (AvgIpc) is 3.18. The molecule has 37 heavy (non-hydrogen) atoms. The fourth-order valence-corrected chi connectivity index (χ4v) is 12.3. The summed E-state index contributed by atoms with van der Waals surface area (Å²) in [5.41, 5.74) is 11.1. The van der Waals surface area contributed by atoms with Crippen LogP contribution in [0.3, 0.4) is 0 Å². The molecule has 1 heterocycles. The molecular formula is C31H39Cl2N2ORu. The van der Waals surface area contributed by atoms with Gasteiger partial charge in [0.2, 0.25) is 0 Å². The van der Waals surface area contributed by atoms with Crippen LogP contribution in [0.2, 0.25) is 0 Å². The van der Waals surface area contributed by atoms with Crippen molar-refractivity contribution in [2.45, 2.75) is 66.5 Å². The summed E-state index contributed by atoms with van der Waals surface area (Å²) in [7, 11) is 15.2. The van der Waals surface area contributed by atoms with Crippen molar-refractivity contribution in [3.63, 3.8) is 0 Å². The molecule has 0 unspecified atom stereocenters. The molecule has 1 aliphatic rings. The van der Waals surface area contributed by atoms with E-state index in [1.807, 2.05) is 32.0 Å². The molecule has 6 heteroatoms. The first kappa shape index (κ1) is 28.1. The number of ether oxygens (including phenoxy) is 1. The standard InChI is InChI=1S/C21H26N2.C10H13O.2ClH.Ru/c1-14-9-16(3)20(17(4)10-14)22-7-8-23(13-22)21-18(5)11-15(2)12-19(21)6;1-8(2)11-10-7-5-4-6-9(10)3;;;/h9-12H,7-8H2,1-6H3;4-8H,3H2,1-2H3;2*1H;/q;;;;+2/p-2. The van der Waals surface area contributed by atoms with E-state index < -0.39 is 12.3 Å². The zero-order valence-corrected chi connectivity index (χ0v) is 26.5. The van der Waals surface area contributed by atoms with Crippen molar-refractivity contribution in [1.82, 2.24) is 0 Å². The number of aryl methyl sites for hydroxylation is 6. The van der Waals surface area contributed by atoms with Crippen LogP contribution in [0, 0.1) is 41.5 Å². The number of anilines is 2. The van der Waals surface area contributed by atoms with Crippen LogP contribution in [-0.4, -0.2) is 23.5 Å². The van der Waals surface area contributed by atoms with Gasteiger partial charge in [-0.3, -0.25) is 0 Å². The number of hydrogen-bond donors (Lipinski definition) is 0. The molecule has 0 N–H and O–H groups in total. The molecule has 3 aromatic rings. The Kier molecular flexibility index (Phi) is 8.44. The van der Waals surface area contributed by atoms with Crippen LogP contribution in [0.25, 0.3) is 0 Å². The Hall–Kier alpha value is -1.87. The number of nitrogens with zero attached hydrogens (tertiary/aromatic N) is 2. The van der Waals surface area contributed by atoms with Gasteiger partial charge in [0.15, 0.2) is 0 Å². The van der Waals surface area contributed by atoms with Gasteiger partial charge >= 0.3 is 235 Å². The molecule has 0 bridgehead atoms. The third-order valence-electron chi connectivity index (χ3n) is 6.65. The van der Waals surface area contributed by atoms with Gasteiger partial charge in [-0.1, -0.05) is 0 Å². The van der Waals surface area contributed by atoms with Crippen LogP contribution in [0.15, 0.2) is 48.5 Å². The van der Waals surface area contributed by atoms with Crippen LogP contribution < -0.4 is 14.5 Å². The summed E-state index contributed by atoms with van der Waals surface area (Å²) in [4.78, 5) is 4.84. The normalized spacial score (nSPS) is 14.6. The van der Waals surface area contributed by atoms with E-state index in [2.05, 4.69) is 81.7 Å². The van der Waals surface area contributed by atoms with Crippen molar-refractivity contribution < 1.29 is 17.1 Å². The van der Waals surface area contributed by atoms with Crippen LogP contribution >= 0.6 is 19.4 Å². The fraction of sp³-hybridized carbons (Fsp3) is 0.387. The summed E-state index contributed by atoms with van der Waals surface area (Å²) in [6.07, 6.45) is 0.0782. The molecule has 4 rings (SSSR count). The van der Waals surface area contributed by atoms with Gasteiger partial charge < -0.3 is 0 Å². The quantitative estimate of drug-likeness (QED) is 0.256. The Morgan fingerprint density at radius 3 is 1.62 bits per heavy atom. The van der Waals surface area contributed by atoms with Crippen LogP contribution in [-0.2, 0) is 17.4 Å². The fourth-order valence-electron chi connectivity index (χ4n) is 5.60. The third-order valence-corrected chi connectivity index (χ3v) is 12.7. The van der Waals surface area contributed by atoms with Gasteiger partial charge in [0, 0.05) is 0 Å². The molecule has 1 saturated heterocycles. The molecule has 3 nitrogen and oxygen atoms in total. The van der Waals surface area contributed by atoms with E-state index in [0.717, 1.165) is 28.8 Å². The maximum absolute atomic E-state index is 7.61. The first-order valence-corrected chi connectivity index (χ1v) is 19.4. The van der Waals surface area contributed by atoms with Gasteiger partial charge in [0.05, 0.1) is 0 Å². The zero-order chi connectivity index (χ0) is 27.1. The molecule has 3 aromatic carbocycles. The van der Waals surface area contributed by atoms with Gasteiger partial charge in [-0.25, -0.2) is 0 Å². The maximum atomic E-state index is 7.61. The summed E-state index contributed by atoms with van der Waals surface area (Å²) in [6.45, 7) is 18.9. The summed E-state index contributed by atoms with van der Waals surface area (Å²) in [5.74, 6) is 0.867. The van der Waals surface area contributed by atoms with E-state index in [0.29, 0.717) is 5.02 Å². The molecule has 201 valence electrons. The predicted octanol–water partition coefficient (Wildman–Crippen LogP) is 8.40. The second kappa shape index (κ2) is 11.1. The SMILES string of the molecule is Cc1cc(C)c(N2CCN(c3c(C)cc(C)cc3C)[C]2=[Ru]([Cl])([Cl])[CH2]c2ccccc2OC(C)C)c(C)c1. The Morgan fingerprint density at radius 2 is 1.19 bits per heavy atom. The molecule has 0 saturated carbocycles. The number of halogens is 2. The first-order chi connectivity index (χ1) is 17.4. The topological polar surface area (TPSA) is 15.7 Å². The van der Waals surface area contributed by atoms with Crippen molar-refractivity contribution in [1.29, 1.82) is 0 Å². The second-order valence-electron chi connectivity index (χ2n) is 10.5. The third kappa shape index (κ3) is 5.92. The van der Waals surface area contributed by atoms with E-state index >= 15 is 0 Å². The monoisotopic (exact) mass is 627 g/mol. The molecule has 1 fully saturated rings. The Morgan fingerprint density at radius 1 is 0.757 bits per heavy atom. The van der Waals surface area contributed by atoms with Crippen molar-refractivity contribution in [3.8, 4) is 5.75 Å². The van der Waals surface area contributed by atoms with Crippen molar-refractivity contribution >= 4 is 35.1 Å². The van der Waals surface area contributed by atoms with Crippen LogP contribution in [0.1, 0.15) is 52.8 Å².